The maximum atomic E-state index is 12.2. The van der Waals surface area contributed by atoms with Crippen LogP contribution in [-0.2, 0) is 22.7 Å². The van der Waals surface area contributed by atoms with Crippen molar-refractivity contribution in [2.75, 3.05) is 5.75 Å². The molecule has 0 bridgehead atoms. The maximum Gasteiger partial charge on any atom is 0.155 e. The Balaban J connectivity index is 2.07. The normalized spacial score (nSPS) is 18.3. The molecular formula is C15H23NO2S. The molecule has 0 amide bonds. The van der Waals surface area contributed by atoms with E-state index in [9.17, 15) is 8.42 Å². The zero-order valence-corrected chi connectivity index (χ0v) is 12.8. The van der Waals surface area contributed by atoms with Crippen LogP contribution in [0.2, 0.25) is 0 Å². The van der Waals surface area contributed by atoms with Gasteiger partial charge in [0.2, 0.25) is 0 Å². The van der Waals surface area contributed by atoms with Crippen LogP contribution in [0.15, 0.2) is 24.3 Å². The highest BCUT2D eigenvalue weighted by Crippen LogP contribution is 2.31. The predicted octanol–water partition coefficient (Wildman–Crippen LogP) is 2.09. The Hall–Kier alpha value is -0.870. The minimum Gasteiger partial charge on any atom is -0.324 e. The van der Waals surface area contributed by atoms with E-state index in [1.165, 1.54) is 11.1 Å². The van der Waals surface area contributed by atoms with Crippen LogP contribution < -0.4 is 5.73 Å². The summed E-state index contributed by atoms with van der Waals surface area (Å²) < 4.78 is 23.6. The Morgan fingerprint density at radius 3 is 2.05 bits per heavy atom. The molecule has 0 radical (unpaired) electrons. The van der Waals surface area contributed by atoms with Gasteiger partial charge in [-0.05, 0) is 51.2 Å². The predicted molar refractivity (Wildman–Crippen MR) is 78.9 cm³/mol. The van der Waals surface area contributed by atoms with E-state index in [-0.39, 0.29) is 5.75 Å². The number of nitrogens with two attached hydrogens (primary N) is 1. The number of hydrogen-bond acceptors (Lipinski definition) is 3. The third-order valence-corrected chi connectivity index (χ3v) is 6.61. The van der Waals surface area contributed by atoms with Crippen LogP contribution in [0.4, 0.5) is 0 Å². The number of hydrogen-bond donors (Lipinski definition) is 1. The fourth-order valence-corrected chi connectivity index (χ4v) is 3.83. The summed E-state index contributed by atoms with van der Waals surface area (Å²) in [6.45, 7) is 5.23. The molecule has 1 aliphatic rings. The van der Waals surface area contributed by atoms with Gasteiger partial charge in [-0.3, -0.25) is 0 Å². The van der Waals surface area contributed by atoms with Crippen LogP contribution in [0.5, 0.6) is 0 Å². The van der Waals surface area contributed by atoms with Crippen LogP contribution in [0.1, 0.15) is 38.3 Å². The quantitative estimate of drug-likeness (QED) is 0.923. The van der Waals surface area contributed by atoms with Gasteiger partial charge in [-0.2, -0.15) is 0 Å². The van der Waals surface area contributed by atoms with Crippen molar-refractivity contribution in [2.45, 2.75) is 50.3 Å². The molecule has 1 aliphatic carbocycles. The molecule has 106 valence electrons. The summed E-state index contributed by atoms with van der Waals surface area (Å²) in [5.41, 5.74) is 8.52. The third-order valence-electron chi connectivity index (χ3n) is 4.01. The van der Waals surface area contributed by atoms with Crippen molar-refractivity contribution < 1.29 is 8.42 Å². The van der Waals surface area contributed by atoms with E-state index >= 15 is 0 Å². The first kappa shape index (κ1) is 14.5. The van der Waals surface area contributed by atoms with E-state index in [0.29, 0.717) is 6.42 Å². The summed E-state index contributed by atoms with van der Waals surface area (Å²) >= 11 is 0. The van der Waals surface area contributed by atoms with E-state index in [1.807, 2.05) is 12.1 Å². The number of fused-ring (bicyclic) bond motifs is 1. The fourth-order valence-electron chi connectivity index (χ4n) is 2.54. The molecule has 1 aromatic rings. The highest BCUT2D eigenvalue weighted by molar-refractivity contribution is 7.92. The summed E-state index contributed by atoms with van der Waals surface area (Å²) in [5.74, 6) is 0.168. The molecule has 0 aromatic heterocycles. The largest absolute Gasteiger partial charge is 0.324 e. The monoisotopic (exact) mass is 281 g/mol. The van der Waals surface area contributed by atoms with Crippen molar-refractivity contribution in [1.82, 2.24) is 0 Å². The highest BCUT2D eigenvalue weighted by Gasteiger charge is 2.36. The zero-order valence-electron chi connectivity index (χ0n) is 11.9. The van der Waals surface area contributed by atoms with Gasteiger partial charge in [-0.15, -0.1) is 0 Å². The van der Waals surface area contributed by atoms with Gasteiger partial charge in [0.1, 0.15) is 0 Å². The topological polar surface area (TPSA) is 60.2 Å². The Morgan fingerprint density at radius 2 is 1.63 bits per heavy atom. The molecule has 0 spiro atoms. The molecule has 1 aromatic carbocycles. The van der Waals surface area contributed by atoms with Crippen molar-refractivity contribution in [3.63, 3.8) is 0 Å². The number of rotatable bonds is 3. The molecule has 19 heavy (non-hydrogen) atoms. The molecular weight excluding hydrogens is 258 g/mol. The summed E-state index contributed by atoms with van der Waals surface area (Å²) in [6, 6.07) is 8.19. The summed E-state index contributed by atoms with van der Waals surface area (Å²) in [4.78, 5) is 0. The second-order valence-corrected chi connectivity index (χ2v) is 9.53. The molecule has 2 N–H and O–H groups in total. The first-order valence-corrected chi connectivity index (χ1v) is 8.36. The number of benzene rings is 1. The molecule has 0 saturated carbocycles. The second-order valence-electron chi connectivity index (χ2n) is 6.67. The van der Waals surface area contributed by atoms with Crippen LogP contribution in [-0.4, -0.2) is 24.5 Å². The lowest BCUT2D eigenvalue weighted by atomic mass is 9.94. The minimum absolute atomic E-state index is 0.168. The molecule has 3 nitrogen and oxygen atoms in total. The van der Waals surface area contributed by atoms with E-state index < -0.39 is 20.1 Å². The van der Waals surface area contributed by atoms with Gasteiger partial charge >= 0.3 is 0 Å². The van der Waals surface area contributed by atoms with Crippen LogP contribution in [0.3, 0.4) is 0 Å². The molecule has 4 heteroatoms. The Morgan fingerprint density at radius 1 is 1.16 bits per heavy atom. The van der Waals surface area contributed by atoms with Crippen LogP contribution in [0, 0.1) is 0 Å². The van der Waals surface area contributed by atoms with Crippen molar-refractivity contribution in [1.29, 1.82) is 0 Å². The Bertz CT molecular complexity index is 545. The van der Waals surface area contributed by atoms with Crippen molar-refractivity contribution >= 4 is 9.84 Å². The molecule has 0 atom stereocenters. The van der Waals surface area contributed by atoms with E-state index in [2.05, 4.69) is 12.1 Å². The van der Waals surface area contributed by atoms with Gasteiger partial charge in [0, 0.05) is 5.54 Å². The Labute approximate surface area is 116 Å². The van der Waals surface area contributed by atoms with Crippen LogP contribution >= 0.6 is 0 Å². The summed E-state index contributed by atoms with van der Waals surface area (Å²) in [7, 11) is -3.09. The third kappa shape index (κ3) is 3.00. The Kier molecular flexibility index (Phi) is 3.52. The standard InChI is InChI=1S/C15H23NO2S/c1-14(2,3)19(17,18)9-8-15(16)10-12-6-4-5-7-13(12)11-15/h4-7H,8-11,16H2,1-3H3. The van der Waals surface area contributed by atoms with Gasteiger partial charge < -0.3 is 5.73 Å². The van der Waals surface area contributed by atoms with Gasteiger partial charge in [0.15, 0.2) is 9.84 Å². The second kappa shape index (κ2) is 4.60. The van der Waals surface area contributed by atoms with E-state index in [4.69, 9.17) is 5.73 Å². The van der Waals surface area contributed by atoms with Crippen molar-refractivity contribution in [3.8, 4) is 0 Å². The summed E-state index contributed by atoms with van der Waals surface area (Å²) in [6.07, 6.45) is 2.09. The average molecular weight is 281 g/mol. The number of sulfone groups is 1. The lowest BCUT2D eigenvalue weighted by Gasteiger charge is -2.26. The zero-order chi connectivity index (χ0) is 14.3. The first-order chi connectivity index (χ1) is 8.63. The maximum absolute atomic E-state index is 12.2. The summed E-state index contributed by atoms with van der Waals surface area (Å²) in [5, 5.41) is 0. The lowest BCUT2D eigenvalue weighted by Crippen LogP contribution is -2.44. The van der Waals surface area contributed by atoms with Gasteiger partial charge in [-0.25, -0.2) is 8.42 Å². The smallest absolute Gasteiger partial charge is 0.155 e. The van der Waals surface area contributed by atoms with E-state index in [1.54, 1.807) is 20.8 Å². The fraction of sp³-hybridized carbons (Fsp3) is 0.600. The van der Waals surface area contributed by atoms with Crippen molar-refractivity contribution in [3.05, 3.63) is 35.4 Å². The van der Waals surface area contributed by atoms with Crippen molar-refractivity contribution in [2.24, 2.45) is 5.73 Å². The molecule has 2 rings (SSSR count). The van der Waals surface area contributed by atoms with Gasteiger partial charge in [-0.1, -0.05) is 24.3 Å². The average Bonchev–Trinajstić information content (AvgIpc) is 2.62. The molecule has 0 saturated heterocycles. The first-order valence-electron chi connectivity index (χ1n) is 6.71. The molecule has 0 aliphatic heterocycles. The molecule has 0 fully saturated rings. The SMILES string of the molecule is CC(C)(C)S(=O)(=O)CCC1(N)Cc2ccccc2C1. The highest BCUT2D eigenvalue weighted by atomic mass is 32.2. The lowest BCUT2D eigenvalue weighted by molar-refractivity contribution is 0.430. The van der Waals surface area contributed by atoms with Crippen LogP contribution in [0.25, 0.3) is 0 Å². The minimum atomic E-state index is -3.09. The van der Waals surface area contributed by atoms with E-state index in [0.717, 1.165) is 12.8 Å². The van der Waals surface area contributed by atoms with Gasteiger partial charge in [0.05, 0.1) is 10.5 Å². The molecule has 0 heterocycles. The van der Waals surface area contributed by atoms with Gasteiger partial charge in [0.25, 0.3) is 0 Å². The molecule has 0 unspecified atom stereocenters.